The van der Waals surface area contributed by atoms with Gasteiger partial charge in [0.05, 0.1) is 34.2 Å². The number of nitrogens with one attached hydrogen (secondary N) is 4. The van der Waals surface area contributed by atoms with Crippen LogP contribution in [0.5, 0.6) is 0 Å². The first-order valence-corrected chi connectivity index (χ1v) is 17.1. The maximum atomic E-state index is 13.5. The number of carbonyl (C=O) groups is 4. The summed E-state index contributed by atoms with van der Waals surface area (Å²) >= 11 is 0. The molecule has 2 aromatic heterocycles. The lowest BCUT2D eigenvalue weighted by Gasteiger charge is -2.30. The highest BCUT2D eigenvalue weighted by Gasteiger charge is 2.38. The highest BCUT2D eigenvalue weighted by Crippen LogP contribution is 2.35. The molecular weight excluding hydrogens is 608 g/mol. The predicted molar refractivity (Wildman–Crippen MR) is 183 cm³/mol. The lowest BCUT2D eigenvalue weighted by molar-refractivity contribution is -0.138. The number of rotatable bonds is 9. The summed E-state index contributed by atoms with van der Waals surface area (Å²) in [5.41, 5.74) is 5.39. The van der Waals surface area contributed by atoms with Crippen molar-refractivity contribution >= 4 is 45.7 Å². The smallest absolute Gasteiger partial charge is 0.246 e. The van der Waals surface area contributed by atoms with E-state index in [9.17, 15) is 19.2 Å². The number of aromatic nitrogens is 4. The molecule has 2 aliphatic rings. The van der Waals surface area contributed by atoms with Gasteiger partial charge in [-0.05, 0) is 72.9 Å². The van der Waals surface area contributed by atoms with Crippen molar-refractivity contribution in [1.82, 2.24) is 40.4 Å². The van der Waals surface area contributed by atoms with E-state index in [2.05, 4.69) is 20.6 Å². The number of hydrogen-bond acceptors (Lipinski definition) is 6. The van der Waals surface area contributed by atoms with Gasteiger partial charge in [-0.2, -0.15) is 0 Å². The van der Waals surface area contributed by atoms with Gasteiger partial charge in [-0.25, -0.2) is 9.97 Å². The number of fused-ring (bicyclic) bond motifs is 2. The van der Waals surface area contributed by atoms with E-state index in [1.54, 1.807) is 0 Å². The highest BCUT2D eigenvalue weighted by molar-refractivity contribution is 5.89. The SMILES string of the molecule is CC(=O)N[C@@H](C(=O)N1CCC[C@@H]1c1nc2cc(-c3ccc4[nH]c([C@H]5CCCN5C(=O)[C@H](NC(C)=O)C(C)C)nc4c3)ccc2[nH]1)C(C)C. The van der Waals surface area contributed by atoms with Crippen molar-refractivity contribution in [2.45, 2.75) is 91.4 Å². The molecule has 0 unspecified atom stereocenters. The predicted octanol–water partition coefficient (Wildman–Crippen LogP) is 4.75. The van der Waals surface area contributed by atoms with Crippen molar-refractivity contribution in [3.8, 4) is 11.1 Å². The highest BCUT2D eigenvalue weighted by atomic mass is 16.2. The molecule has 12 nitrogen and oxygen atoms in total. The standard InChI is InChI=1S/C36H46N8O4/c1-19(2)31(37-21(5)45)35(47)43-15-7-9-29(43)33-39-25-13-11-23(17-27(25)41-33)24-12-14-26-28(18-24)42-34(40-26)30-10-8-16-44(30)36(48)32(20(3)4)38-22(6)46/h11-14,17-20,29-32H,7-10,15-16H2,1-6H3,(H,37,45)(H,38,46)(H,39,41)(H,40,42)/t29-,30-,31-,32-/m1/s1. The van der Waals surface area contributed by atoms with Crippen molar-refractivity contribution in [1.29, 1.82) is 0 Å². The van der Waals surface area contributed by atoms with E-state index in [4.69, 9.17) is 9.97 Å². The number of benzene rings is 2. The molecule has 0 spiro atoms. The molecule has 4 N–H and O–H groups in total. The Kier molecular flexibility index (Phi) is 9.26. The molecule has 0 radical (unpaired) electrons. The number of hydrogen-bond donors (Lipinski definition) is 4. The zero-order valence-electron chi connectivity index (χ0n) is 28.6. The van der Waals surface area contributed by atoms with E-state index in [-0.39, 0.29) is 47.5 Å². The molecule has 2 aromatic carbocycles. The zero-order valence-corrected chi connectivity index (χ0v) is 28.6. The van der Waals surface area contributed by atoms with Crippen molar-refractivity contribution < 1.29 is 19.2 Å². The molecule has 254 valence electrons. The van der Waals surface area contributed by atoms with E-state index < -0.39 is 12.1 Å². The number of imidazole rings is 2. The second kappa shape index (κ2) is 13.4. The number of carbonyl (C=O) groups excluding carboxylic acids is 4. The van der Waals surface area contributed by atoms with Crippen molar-refractivity contribution in [3.63, 3.8) is 0 Å². The molecule has 2 saturated heterocycles. The first kappa shape index (κ1) is 33.2. The van der Waals surface area contributed by atoms with Gasteiger partial charge in [-0.15, -0.1) is 0 Å². The summed E-state index contributed by atoms with van der Waals surface area (Å²) in [5, 5.41) is 5.66. The molecule has 4 atom stereocenters. The van der Waals surface area contributed by atoms with Crippen LogP contribution in [0.3, 0.4) is 0 Å². The van der Waals surface area contributed by atoms with Gasteiger partial charge in [0.25, 0.3) is 0 Å². The molecule has 2 fully saturated rings. The van der Waals surface area contributed by atoms with Crippen LogP contribution in [-0.4, -0.2) is 78.5 Å². The summed E-state index contributed by atoms with van der Waals surface area (Å²) in [5.74, 6) is 0.853. The van der Waals surface area contributed by atoms with Crippen LogP contribution in [0, 0.1) is 11.8 Å². The Morgan fingerprint density at radius 1 is 0.688 bits per heavy atom. The average Bonchev–Trinajstić information content (AvgIpc) is 3.85. The minimum atomic E-state index is -0.575. The van der Waals surface area contributed by atoms with Gasteiger partial charge in [0, 0.05) is 26.9 Å². The van der Waals surface area contributed by atoms with E-state index in [0.29, 0.717) is 13.1 Å². The summed E-state index contributed by atoms with van der Waals surface area (Å²) < 4.78 is 0. The maximum absolute atomic E-state index is 13.5. The van der Waals surface area contributed by atoms with Gasteiger partial charge >= 0.3 is 0 Å². The monoisotopic (exact) mass is 654 g/mol. The average molecular weight is 655 g/mol. The second-order valence-corrected chi connectivity index (χ2v) is 13.9. The van der Waals surface area contributed by atoms with Gasteiger partial charge in [0.1, 0.15) is 23.7 Å². The summed E-state index contributed by atoms with van der Waals surface area (Å²) in [6, 6.07) is 10.7. The van der Waals surface area contributed by atoms with Crippen LogP contribution in [0.4, 0.5) is 0 Å². The van der Waals surface area contributed by atoms with E-state index in [1.807, 2.05) is 73.9 Å². The van der Waals surface area contributed by atoms with Crippen LogP contribution in [0.15, 0.2) is 36.4 Å². The van der Waals surface area contributed by atoms with E-state index in [1.165, 1.54) is 13.8 Å². The lowest BCUT2D eigenvalue weighted by Crippen LogP contribution is -2.50. The van der Waals surface area contributed by atoms with Gasteiger partial charge in [-0.1, -0.05) is 39.8 Å². The zero-order chi connectivity index (χ0) is 34.3. The number of nitrogens with zero attached hydrogens (tertiary/aromatic N) is 4. The third-order valence-corrected chi connectivity index (χ3v) is 9.62. The van der Waals surface area contributed by atoms with Crippen molar-refractivity contribution in [2.24, 2.45) is 11.8 Å². The minimum absolute atomic E-state index is 0.0318. The van der Waals surface area contributed by atoms with Gasteiger partial charge in [-0.3, -0.25) is 19.2 Å². The Morgan fingerprint density at radius 3 is 1.44 bits per heavy atom. The topological polar surface area (TPSA) is 156 Å². The largest absolute Gasteiger partial charge is 0.344 e. The Balaban J connectivity index is 1.23. The normalized spacial score (nSPS) is 19.4. The lowest BCUT2D eigenvalue weighted by atomic mass is 10.0. The fourth-order valence-corrected chi connectivity index (χ4v) is 7.18. The van der Waals surface area contributed by atoms with Crippen LogP contribution in [0.2, 0.25) is 0 Å². The quantitative estimate of drug-likeness (QED) is 0.204. The number of amides is 4. The summed E-state index contributed by atoms with van der Waals surface area (Å²) in [6.45, 7) is 11.9. The summed E-state index contributed by atoms with van der Waals surface area (Å²) in [4.78, 5) is 71.2. The van der Waals surface area contributed by atoms with Crippen LogP contribution >= 0.6 is 0 Å². The molecule has 0 aliphatic carbocycles. The Hall–Kier alpha value is -4.74. The molecule has 2 aliphatic heterocycles. The van der Waals surface area contributed by atoms with Gasteiger partial charge < -0.3 is 30.4 Å². The number of aromatic amines is 2. The van der Waals surface area contributed by atoms with Crippen LogP contribution in [-0.2, 0) is 19.2 Å². The molecular formula is C36H46N8O4. The third kappa shape index (κ3) is 6.52. The summed E-state index contributed by atoms with van der Waals surface area (Å²) in [7, 11) is 0. The second-order valence-electron chi connectivity index (χ2n) is 13.9. The molecule has 4 heterocycles. The Labute approximate surface area is 280 Å². The molecule has 48 heavy (non-hydrogen) atoms. The summed E-state index contributed by atoms with van der Waals surface area (Å²) in [6.07, 6.45) is 3.35. The van der Waals surface area contributed by atoms with Gasteiger partial charge in [0.2, 0.25) is 23.6 Å². The van der Waals surface area contributed by atoms with Crippen molar-refractivity contribution in [3.05, 3.63) is 48.0 Å². The van der Waals surface area contributed by atoms with E-state index >= 15 is 0 Å². The molecule has 6 rings (SSSR count). The fraction of sp³-hybridized carbons (Fsp3) is 0.500. The van der Waals surface area contributed by atoms with Crippen LogP contribution in [0.25, 0.3) is 33.2 Å². The Morgan fingerprint density at radius 2 is 1.08 bits per heavy atom. The number of H-pyrrole nitrogens is 2. The van der Waals surface area contributed by atoms with Crippen LogP contribution in [0.1, 0.15) is 91.0 Å². The van der Waals surface area contributed by atoms with Gasteiger partial charge in [0.15, 0.2) is 0 Å². The van der Waals surface area contributed by atoms with Crippen molar-refractivity contribution in [2.75, 3.05) is 13.1 Å². The molecule has 4 amide bonds. The molecule has 0 saturated carbocycles. The molecule has 12 heteroatoms. The maximum Gasteiger partial charge on any atom is 0.246 e. The molecule has 0 bridgehead atoms. The fourth-order valence-electron chi connectivity index (χ4n) is 7.18. The third-order valence-electron chi connectivity index (χ3n) is 9.62. The Bertz CT molecular complexity index is 1720. The molecule has 4 aromatic rings. The number of likely N-dealkylation sites (tertiary alicyclic amines) is 2. The van der Waals surface area contributed by atoms with Crippen LogP contribution < -0.4 is 10.6 Å². The van der Waals surface area contributed by atoms with E-state index in [0.717, 1.165) is 70.5 Å². The first-order valence-electron chi connectivity index (χ1n) is 17.1. The minimum Gasteiger partial charge on any atom is -0.344 e. The first-order chi connectivity index (χ1) is 22.9.